The minimum Gasteiger partial charge on any atom is -0.347 e. The first-order chi connectivity index (χ1) is 10.2. The number of thiazole rings is 1. The van der Waals surface area contributed by atoms with Crippen LogP contribution in [-0.4, -0.2) is 36.6 Å². The number of nitrogens with zero attached hydrogens (tertiary/aromatic N) is 2. The van der Waals surface area contributed by atoms with Gasteiger partial charge in [0.05, 0.1) is 5.69 Å². The zero-order valence-corrected chi connectivity index (χ0v) is 15.4. The monoisotopic (exact) mass is 327 g/mol. The highest BCUT2D eigenvalue weighted by atomic mass is 32.2. The van der Waals surface area contributed by atoms with E-state index in [9.17, 15) is 0 Å². The number of hydrogen-bond acceptors (Lipinski definition) is 5. The number of aromatic nitrogens is 1. The molecule has 1 atom stereocenters. The quantitative estimate of drug-likeness (QED) is 0.655. The van der Waals surface area contributed by atoms with Crippen molar-refractivity contribution in [1.29, 1.82) is 0 Å². The molecule has 0 amide bonds. The predicted octanol–water partition coefficient (Wildman–Crippen LogP) is 4.10. The Morgan fingerprint density at radius 3 is 2.76 bits per heavy atom. The van der Waals surface area contributed by atoms with E-state index in [-0.39, 0.29) is 0 Å². The van der Waals surface area contributed by atoms with Gasteiger partial charge in [-0.3, -0.25) is 0 Å². The Morgan fingerprint density at radius 1 is 1.43 bits per heavy atom. The predicted molar refractivity (Wildman–Crippen MR) is 97.0 cm³/mol. The number of hydrogen-bond donors (Lipinski definition) is 1. The lowest BCUT2D eigenvalue weighted by molar-refractivity contribution is 0.669. The highest BCUT2D eigenvalue weighted by Crippen LogP contribution is 2.44. The molecule has 1 aliphatic rings. The maximum Gasteiger partial charge on any atom is 0.185 e. The molecule has 1 aromatic rings. The number of anilines is 1. The lowest BCUT2D eigenvalue weighted by Crippen LogP contribution is -2.33. The molecule has 1 unspecified atom stereocenters. The molecule has 5 heteroatoms. The average molecular weight is 328 g/mol. The molecule has 0 radical (unpaired) electrons. The van der Waals surface area contributed by atoms with E-state index >= 15 is 0 Å². The van der Waals surface area contributed by atoms with E-state index in [4.69, 9.17) is 4.98 Å². The SMILES string of the molecule is CCCNCc1sc(N(C)C(CC)CSC)nc1C1CC1. The Labute approximate surface area is 137 Å². The van der Waals surface area contributed by atoms with E-state index < -0.39 is 0 Å². The van der Waals surface area contributed by atoms with Crippen molar-refractivity contribution in [3.05, 3.63) is 10.6 Å². The minimum absolute atomic E-state index is 0.592. The van der Waals surface area contributed by atoms with Gasteiger partial charge >= 0.3 is 0 Å². The first-order valence-electron chi connectivity index (χ1n) is 8.13. The molecule has 1 fully saturated rings. The standard InChI is InChI=1S/C16H29N3S2/c1-5-9-17-10-14-15(12-7-8-12)18-16(21-14)19(3)13(6-2)11-20-4/h12-13,17H,5-11H2,1-4H3. The second kappa shape index (κ2) is 8.39. The van der Waals surface area contributed by atoms with Gasteiger partial charge in [0.25, 0.3) is 0 Å². The second-order valence-corrected chi connectivity index (χ2v) is 7.86. The van der Waals surface area contributed by atoms with Gasteiger partial charge in [-0.05, 0) is 38.5 Å². The van der Waals surface area contributed by atoms with E-state index in [1.807, 2.05) is 23.1 Å². The first-order valence-corrected chi connectivity index (χ1v) is 10.3. The van der Waals surface area contributed by atoms with Crippen LogP contribution in [0.2, 0.25) is 0 Å². The number of thioether (sulfide) groups is 1. The van der Waals surface area contributed by atoms with Crippen LogP contribution in [0.4, 0.5) is 5.13 Å². The van der Waals surface area contributed by atoms with Crippen LogP contribution >= 0.6 is 23.1 Å². The fraction of sp³-hybridized carbons (Fsp3) is 0.812. The van der Waals surface area contributed by atoms with Gasteiger partial charge in [-0.15, -0.1) is 11.3 Å². The van der Waals surface area contributed by atoms with Gasteiger partial charge in [0, 0.05) is 36.2 Å². The van der Waals surface area contributed by atoms with Gasteiger partial charge in [0.2, 0.25) is 0 Å². The summed E-state index contributed by atoms with van der Waals surface area (Å²) in [6.45, 7) is 6.58. The Morgan fingerprint density at radius 2 is 2.19 bits per heavy atom. The minimum atomic E-state index is 0.592. The third-order valence-corrected chi connectivity index (χ3v) is 5.95. The summed E-state index contributed by atoms with van der Waals surface area (Å²) >= 11 is 3.83. The largest absolute Gasteiger partial charge is 0.347 e. The van der Waals surface area contributed by atoms with Gasteiger partial charge in [0.15, 0.2) is 5.13 Å². The molecule has 120 valence electrons. The summed E-state index contributed by atoms with van der Waals surface area (Å²) in [7, 11) is 2.21. The molecule has 0 bridgehead atoms. The lowest BCUT2D eigenvalue weighted by Gasteiger charge is -2.26. The highest BCUT2D eigenvalue weighted by Gasteiger charge is 2.30. The first kappa shape index (κ1) is 17.1. The lowest BCUT2D eigenvalue weighted by atomic mass is 10.2. The molecule has 1 N–H and O–H groups in total. The van der Waals surface area contributed by atoms with Crippen molar-refractivity contribution in [2.75, 3.05) is 30.5 Å². The number of rotatable bonds is 10. The third-order valence-electron chi connectivity index (χ3n) is 4.07. The average Bonchev–Trinajstić information content (AvgIpc) is 3.25. The molecule has 1 aliphatic carbocycles. The van der Waals surface area contributed by atoms with E-state index in [1.165, 1.54) is 47.1 Å². The summed E-state index contributed by atoms with van der Waals surface area (Å²) < 4.78 is 0. The fourth-order valence-corrected chi connectivity index (χ4v) is 4.53. The Balaban J connectivity index is 2.10. The summed E-state index contributed by atoms with van der Waals surface area (Å²) in [6, 6.07) is 0.592. The molecular formula is C16H29N3S2. The Hall–Kier alpha value is -0.260. The molecular weight excluding hydrogens is 298 g/mol. The van der Waals surface area contributed by atoms with Crippen molar-refractivity contribution in [2.24, 2.45) is 0 Å². The van der Waals surface area contributed by atoms with Crippen molar-refractivity contribution >= 4 is 28.2 Å². The van der Waals surface area contributed by atoms with E-state index in [0.29, 0.717) is 6.04 Å². The highest BCUT2D eigenvalue weighted by molar-refractivity contribution is 7.98. The van der Waals surface area contributed by atoms with Gasteiger partial charge in [0.1, 0.15) is 0 Å². The third kappa shape index (κ3) is 4.60. The summed E-state index contributed by atoms with van der Waals surface area (Å²) in [4.78, 5) is 8.86. The number of nitrogens with one attached hydrogen (secondary N) is 1. The van der Waals surface area contributed by atoms with Crippen LogP contribution in [0, 0.1) is 0 Å². The van der Waals surface area contributed by atoms with Gasteiger partial charge in [-0.2, -0.15) is 11.8 Å². The summed E-state index contributed by atoms with van der Waals surface area (Å²) in [5, 5.41) is 4.76. The topological polar surface area (TPSA) is 28.2 Å². The molecule has 3 nitrogen and oxygen atoms in total. The smallest absolute Gasteiger partial charge is 0.185 e. The molecule has 1 heterocycles. The van der Waals surface area contributed by atoms with Gasteiger partial charge < -0.3 is 10.2 Å². The zero-order chi connectivity index (χ0) is 15.2. The summed E-state index contributed by atoms with van der Waals surface area (Å²) in [6.07, 6.45) is 7.22. The van der Waals surface area contributed by atoms with Crippen molar-refractivity contribution < 1.29 is 0 Å². The van der Waals surface area contributed by atoms with Crippen LogP contribution in [0.5, 0.6) is 0 Å². The Bertz CT molecular complexity index is 429. The molecule has 0 spiro atoms. The summed E-state index contributed by atoms with van der Waals surface area (Å²) in [5.74, 6) is 1.91. The normalized spacial score (nSPS) is 16.2. The molecule has 2 rings (SSSR count). The van der Waals surface area contributed by atoms with E-state index in [1.54, 1.807) is 0 Å². The summed E-state index contributed by atoms with van der Waals surface area (Å²) in [5.41, 5.74) is 1.38. The van der Waals surface area contributed by atoms with Gasteiger partial charge in [-0.1, -0.05) is 13.8 Å². The molecule has 1 aromatic heterocycles. The van der Waals surface area contributed by atoms with Gasteiger partial charge in [-0.25, -0.2) is 4.98 Å². The molecule has 1 saturated carbocycles. The van der Waals surface area contributed by atoms with Crippen LogP contribution in [-0.2, 0) is 6.54 Å². The van der Waals surface area contributed by atoms with Crippen molar-refractivity contribution in [1.82, 2.24) is 10.3 Å². The van der Waals surface area contributed by atoms with Crippen LogP contribution < -0.4 is 10.2 Å². The fourth-order valence-electron chi connectivity index (χ4n) is 2.53. The van der Waals surface area contributed by atoms with Crippen molar-refractivity contribution in [2.45, 2.75) is 58.0 Å². The van der Waals surface area contributed by atoms with Crippen molar-refractivity contribution in [3.63, 3.8) is 0 Å². The molecule has 21 heavy (non-hydrogen) atoms. The maximum absolute atomic E-state index is 5.00. The second-order valence-electron chi connectivity index (χ2n) is 5.88. The van der Waals surface area contributed by atoms with Crippen molar-refractivity contribution in [3.8, 4) is 0 Å². The van der Waals surface area contributed by atoms with Crippen LogP contribution in [0.15, 0.2) is 0 Å². The van der Waals surface area contributed by atoms with Crippen LogP contribution in [0.1, 0.15) is 56.0 Å². The zero-order valence-electron chi connectivity index (χ0n) is 13.8. The molecule has 0 saturated heterocycles. The van der Waals surface area contributed by atoms with Crippen LogP contribution in [0.3, 0.4) is 0 Å². The molecule has 0 aromatic carbocycles. The Kier molecular flexibility index (Phi) is 6.83. The van der Waals surface area contributed by atoms with E-state index in [0.717, 1.165) is 19.0 Å². The van der Waals surface area contributed by atoms with Crippen LogP contribution in [0.25, 0.3) is 0 Å². The maximum atomic E-state index is 5.00. The molecule has 0 aliphatic heterocycles. The van der Waals surface area contributed by atoms with E-state index in [2.05, 4.69) is 37.4 Å².